The number of carbonyl (C=O) groups excluding carboxylic acids is 3. The minimum absolute atomic E-state index is 0.192. The molecule has 0 N–H and O–H groups in total. The summed E-state index contributed by atoms with van der Waals surface area (Å²) in [5.74, 6) is -2.57. The maximum atomic E-state index is 13.3. The number of carbonyl (C=O) groups is 3. The Labute approximate surface area is 151 Å². The van der Waals surface area contributed by atoms with Gasteiger partial charge in [0.15, 0.2) is 0 Å². The predicted molar refractivity (Wildman–Crippen MR) is 92.1 cm³/mol. The number of hydroxylamine groups is 2. The minimum Gasteiger partial charge on any atom is -0.323 e. The highest BCUT2D eigenvalue weighted by Gasteiger charge is 2.38. The Kier molecular flexibility index (Phi) is 3.85. The molecular weight excluding hydrogens is 357 g/mol. The van der Waals surface area contributed by atoms with Gasteiger partial charge >= 0.3 is 5.97 Å². The fourth-order valence-corrected chi connectivity index (χ4v) is 3.50. The topological polar surface area (TPSA) is 63.7 Å². The molecule has 0 fully saturated rings. The zero-order chi connectivity index (χ0) is 18.3. The summed E-state index contributed by atoms with van der Waals surface area (Å²) in [5, 5.41) is 0.467. The van der Waals surface area contributed by atoms with Crippen LogP contribution in [0.1, 0.15) is 30.4 Å². The lowest BCUT2D eigenvalue weighted by Gasteiger charge is -2.11. The molecule has 0 atom stereocenters. The van der Waals surface area contributed by atoms with Crippen molar-refractivity contribution in [1.82, 2.24) is 5.06 Å². The molecular formula is C19H10FNO4S. The van der Waals surface area contributed by atoms with E-state index in [0.29, 0.717) is 15.5 Å². The van der Waals surface area contributed by atoms with Gasteiger partial charge in [-0.1, -0.05) is 29.3 Å². The van der Waals surface area contributed by atoms with Crippen molar-refractivity contribution in [3.63, 3.8) is 0 Å². The van der Waals surface area contributed by atoms with E-state index in [-0.39, 0.29) is 21.8 Å². The smallest absolute Gasteiger partial charge is 0.323 e. The number of thiophene rings is 1. The van der Waals surface area contributed by atoms with E-state index in [9.17, 15) is 18.8 Å². The molecule has 3 aromatic rings. The zero-order valence-corrected chi connectivity index (χ0v) is 14.0. The summed E-state index contributed by atoms with van der Waals surface area (Å²) in [5.41, 5.74) is 1.00. The van der Waals surface area contributed by atoms with E-state index in [0.717, 1.165) is 11.3 Å². The van der Waals surface area contributed by atoms with Crippen molar-refractivity contribution in [2.45, 2.75) is 0 Å². The lowest BCUT2D eigenvalue weighted by atomic mass is 10.1. The normalized spacial score (nSPS) is 13.0. The quantitative estimate of drug-likeness (QED) is 0.658. The monoisotopic (exact) mass is 367 g/mol. The number of rotatable bonds is 3. The number of nitrogens with zero attached hydrogens (tertiary/aromatic N) is 1. The Balaban J connectivity index is 1.55. The zero-order valence-electron chi connectivity index (χ0n) is 13.1. The van der Waals surface area contributed by atoms with Crippen LogP contribution in [0.4, 0.5) is 4.39 Å². The van der Waals surface area contributed by atoms with Crippen molar-refractivity contribution in [3.05, 3.63) is 82.5 Å². The number of fused-ring (bicyclic) bond motifs is 1. The van der Waals surface area contributed by atoms with Gasteiger partial charge in [-0.05, 0) is 42.0 Å². The van der Waals surface area contributed by atoms with Crippen LogP contribution < -0.4 is 0 Å². The van der Waals surface area contributed by atoms with Crippen LogP contribution in [0, 0.1) is 5.82 Å². The molecule has 0 unspecified atom stereocenters. The van der Waals surface area contributed by atoms with Crippen LogP contribution in [0.25, 0.3) is 10.4 Å². The van der Waals surface area contributed by atoms with Gasteiger partial charge in [0.2, 0.25) is 0 Å². The highest BCUT2D eigenvalue weighted by Crippen LogP contribution is 2.30. The van der Waals surface area contributed by atoms with E-state index >= 15 is 0 Å². The van der Waals surface area contributed by atoms with Gasteiger partial charge in [-0.3, -0.25) is 9.59 Å². The van der Waals surface area contributed by atoms with Gasteiger partial charge in [-0.15, -0.1) is 11.3 Å². The highest BCUT2D eigenvalue weighted by molar-refractivity contribution is 7.17. The van der Waals surface area contributed by atoms with Gasteiger partial charge in [0.25, 0.3) is 11.8 Å². The third-order valence-electron chi connectivity index (χ3n) is 3.85. The van der Waals surface area contributed by atoms with Gasteiger partial charge in [0, 0.05) is 4.88 Å². The molecule has 0 radical (unpaired) electrons. The molecule has 0 saturated heterocycles. The number of amides is 2. The Morgan fingerprint density at radius 3 is 2.27 bits per heavy atom. The summed E-state index contributed by atoms with van der Waals surface area (Å²) < 4.78 is 13.3. The number of benzene rings is 2. The molecule has 2 amide bonds. The molecule has 1 aliphatic heterocycles. The number of imide groups is 1. The standard InChI is InChI=1S/C19H10FNO4S/c20-12-5-3-4-11(10-12)15-8-9-16(26-15)19(24)25-21-17(22)13-6-1-2-7-14(13)18(21)23/h1-10H. The van der Waals surface area contributed by atoms with Crippen molar-refractivity contribution in [2.75, 3.05) is 0 Å². The minimum atomic E-state index is -0.827. The third-order valence-corrected chi connectivity index (χ3v) is 4.96. The molecule has 4 rings (SSSR count). The molecule has 2 heterocycles. The summed E-state index contributed by atoms with van der Waals surface area (Å²) in [6.45, 7) is 0. The van der Waals surface area contributed by atoms with Crippen molar-refractivity contribution in [3.8, 4) is 10.4 Å². The van der Waals surface area contributed by atoms with Crippen molar-refractivity contribution < 1.29 is 23.6 Å². The van der Waals surface area contributed by atoms with Crippen LogP contribution in [-0.2, 0) is 4.84 Å². The molecule has 1 aliphatic rings. The summed E-state index contributed by atoms with van der Waals surface area (Å²) in [6, 6.07) is 15.4. The van der Waals surface area contributed by atoms with E-state index in [1.54, 1.807) is 30.3 Å². The van der Waals surface area contributed by atoms with Crippen molar-refractivity contribution in [1.29, 1.82) is 0 Å². The molecule has 1 aromatic heterocycles. The molecule has 7 heteroatoms. The largest absolute Gasteiger partial charge is 0.373 e. The van der Waals surface area contributed by atoms with E-state index in [2.05, 4.69) is 0 Å². The van der Waals surface area contributed by atoms with E-state index < -0.39 is 17.8 Å². The Morgan fingerprint density at radius 2 is 1.62 bits per heavy atom. The first-order chi connectivity index (χ1) is 12.5. The first-order valence-electron chi connectivity index (χ1n) is 7.60. The van der Waals surface area contributed by atoms with Crippen LogP contribution in [0.2, 0.25) is 0 Å². The molecule has 5 nitrogen and oxygen atoms in total. The molecule has 0 spiro atoms. The molecule has 26 heavy (non-hydrogen) atoms. The lowest BCUT2D eigenvalue weighted by Crippen LogP contribution is -2.32. The molecule has 2 aromatic carbocycles. The van der Waals surface area contributed by atoms with Crippen LogP contribution in [0.5, 0.6) is 0 Å². The van der Waals surface area contributed by atoms with Crippen LogP contribution in [-0.4, -0.2) is 22.8 Å². The molecule has 0 bridgehead atoms. The van der Waals surface area contributed by atoms with Crippen molar-refractivity contribution >= 4 is 29.1 Å². The summed E-state index contributed by atoms with van der Waals surface area (Å²) >= 11 is 1.08. The molecule has 0 saturated carbocycles. The summed E-state index contributed by atoms with van der Waals surface area (Å²) in [6.07, 6.45) is 0. The number of hydrogen-bond acceptors (Lipinski definition) is 5. The van der Waals surface area contributed by atoms with E-state index in [1.807, 2.05) is 0 Å². The van der Waals surface area contributed by atoms with Crippen LogP contribution >= 0.6 is 11.3 Å². The third kappa shape index (κ3) is 2.68. The highest BCUT2D eigenvalue weighted by atomic mass is 32.1. The maximum Gasteiger partial charge on any atom is 0.373 e. The second-order valence-electron chi connectivity index (χ2n) is 5.50. The van der Waals surface area contributed by atoms with Crippen LogP contribution in [0.3, 0.4) is 0 Å². The number of hydrogen-bond donors (Lipinski definition) is 0. The van der Waals surface area contributed by atoms with Crippen LogP contribution in [0.15, 0.2) is 60.7 Å². The van der Waals surface area contributed by atoms with E-state index in [4.69, 9.17) is 4.84 Å². The SMILES string of the molecule is O=C(ON1C(=O)c2ccccc2C1=O)c1ccc(-c2cccc(F)c2)s1. The fourth-order valence-electron chi connectivity index (χ4n) is 2.62. The Morgan fingerprint density at radius 1 is 0.923 bits per heavy atom. The Bertz CT molecular complexity index is 1020. The second-order valence-corrected chi connectivity index (χ2v) is 6.59. The molecule has 0 aliphatic carbocycles. The predicted octanol–water partition coefficient (Wildman–Crippen LogP) is 3.92. The average Bonchev–Trinajstić information content (AvgIpc) is 3.22. The van der Waals surface area contributed by atoms with Gasteiger partial charge in [-0.2, -0.15) is 0 Å². The Hall–Kier alpha value is -3.32. The van der Waals surface area contributed by atoms with Gasteiger partial charge in [0.05, 0.1) is 11.1 Å². The van der Waals surface area contributed by atoms with Gasteiger partial charge in [-0.25, -0.2) is 9.18 Å². The number of halogens is 1. The lowest BCUT2D eigenvalue weighted by molar-refractivity contribution is -0.0581. The van der Waals surface area contributed by atoms with Gasteiger partial charge in [0.1, 0.15) is 10.7 Å². The maximum absolute atomic E-state index is 13.3. The second kappa shape index (κ2) is 6.20. The first kappa shape index (κ1) is 16.2. The average molecular weight is 367 g/mol. The van der Waals surface area contributed by atoms with E-state index in [1.165, 1.54) is 30.3 Å². The fraction of sp³-hybridized carbons (Fsp3) is 0. The van der Waals surface area contributed by atoms with Crippen molar-refractivity contribution in [2.24, 2.45) is 0 Å². The summed E-state index contributed by atoms with van der Waals surface area (Å²) in [7, 11) is 0. The molecule has 128 valence electrons. The van der Waals surface area contributed by atoms with Gasteiger partial charge < -0.3 is 4.84 Å². The summed E-state index contributed by atoms with van der Waals surface area (Å²) in [4.78, 5) is 42.6. The first-order valence-corrected chi connectivity index (χ1v) is 8.42.